The van der Waals surface area contributed by atoms with Crippen molar-refractivity contribution in [3.05, 3.63) is 17.0 Å². The van der Waals surface area contributed by atoms with Crippen molar-refractivity contribution in [2.45, 2.75) is 17.9 Å². The summed E-state index contributed by atoms with van der Waals surface area (Å²) in [6.45, 7) is 0. The van der Waals surface area contributed by atoms with Crippen molar-refractivity contribution in [2.24, 2.45) is 0 Å². The zero-order chi connectivity index (χ0) is 9.26. The standard InChI is InChI=1S/C9H12N2OS/c1-12-6-3-4-7-8(5-6)10-11-9(7)13-2/h5H,3-4H2,1-2H3,(H,10,11). The van der Waals surface area contributed by atoms with Crippen LogP contribution in [0.4, 0.5) is 0 Å². The van der Waals surface area contributed by atoms with E-state index in [1.165, 1.54) is 5.56 Å². The Hall–Kier alpha value is -0.900. The van der Waals surface area contributed by atoms with E-state index in [2.05, 4.69) is 10.2 Å². The summed E-state index contributed by atoms with van der Waals surface area (Å²) in [6, 6.07) is 0. The highest BCUT2D eigenvalue weighted by Gasteiger charge is 2.16. The summed E-state index contributed by atoms with van der Waals surface area (Å²) in [5, 5.41) is 8.35. The van der Waals surface area contributed by atoms with Crippen molar-refractivity contribution in [3.63, 3.8) is 0 Å². The molecule has 0 amide bonds. The fourth-order valence-corrected chi connectivity index (χ4v) is 2.13. The average Bonchev–Trinajstić information content (AvgIpc) is 2.59. The Kier molecular flexibility index (Phi) is 2.31. The predicted molar refractivity (Wildman–Crippen MR) is 53.7 cm³/mol. The summed E-state index contributed by atoms with van der Waals surface area (Å²) in [4.78, 5) is 0. The number of allylic oxidation sites excluding steroid dienone is 1. The van der Waals surface area contributed by atoms with Gasteiger partial charge >= 0.3 is 0 Å². The van der Waals surface area contributed by atoms with Crippen LogP contribution in [0.1, 0.15) is 17.7 Å². The second-order valence-corrected chi connectivity index (χ2v) is 3.73. The maximum atomic E-state index is 5.20. The van der Waals surface area contributed by atoms with Crippen molar-refractivity contribution in [3.8, 4) is 0 Å². The SMILES string of the molecule is COC1=Cc2[nH]nc(SC)c2CC1. The van der Waals surface area contributed by atoms with Crippen LogP contribution in [0.5, 0.6) is 0 Å². The van der Waals surface area contributed by atoms with Gasteiger partial charge in [0.25, 0.3) is 0 Å². The van der Waals surface area contributed by atoms with E-state index in [4.69, 9.17) is 4.74 Å². The first-order valence-corrected chi connectivity index (χ1v) is 5.43. The molecule has 0 saturated heterocycles. The van der Waals surface area contributed by atoms with E-state index in [0.717, 1.165) is 29.3 Å². The third kappa shape index (κ3) is 1.46. The predicted octanol–water partition coefficient (Wildman–Crippen LogP) is 2.07. The molecule has 0 saturated carbocycles. The van der Waals surface area contributed by atoms with Gasteiger partial charge in [-0.15, -0.1) is 11.8 Å². The highest BCUT2D eigenvalue weighted by Crippen LogP contribution is 2.29. The van der Waals surface area contributed by atoms with E-state index in [1.54, 1.807) is 18.9 Å². The molecule has 1 aromatic rings. The van der Waals surface area contributed by atoms with Crippen molar-refractivity contribution in [1.82, 2.24) is 10.2 Å². The third-order valence-electron chi connectivity index (χ3n) is 2.24. The number of thioether (sulfide) groups is 1. The van der Waals surface area contributed by atoms with Gasteiger partial charge in [-0.2, -0.15) is 5.10 Å². The molecule has 0 bridgehead atoms. The molecule has 0 aliphatic heterocycles. The summed E-state index contributed by atoms with van der Waals surface area (Å²) < 4.78 is 5.20. The number of hydrogen-bond donors (Lipinski definition) is 1. The highest BCUT2D eigenvalue weighted by atomic mass is 32.2. The van der Waals surface area contributed by atoms with Crippen molar-refractivity contribution >= 4 is 17.8 Å². The average molecular weight is 196 g/mol. The van der Waals surface area contributed by atoms with Gasteiger partial charge in [-0.05, 0) is 12.7 Å². The number of rotatable bonds is 2. The second-order valence-electron chi connectivity index (χ2n) is 2.94. The van der Waals surface area contributed by atoms with Gasteiger partial charge in [0.05, 0.1) is 18.6 Å². The molecule has 0 radical (unpaired) electrons. The Morgan fingerprint density at radius 1 is 1.54 bits per heavy atom. The second kappa shape index (κ2) is 3.46. The number of H-pyrrole nitrogens is 1. The number of nitrogens with zero attached hydrogens (tertiary/aromatic N) is 1. The Balaban J connectivity index is 2.38. The first kappa shape index (κ1) is 8.69. The summed E-state index contributed by atoms with van der Waals surface area (Å²) in [5.41, 5.74) is 2.43. The van der Waals surface area contributed by atoms with E-state index in [9.17, 15) is 0 Å². The van der Waals surface area contributed by atoms with E-state index in [1.807, 2.05) is 12.3 Å². The van der Waals surface area contributed by atoms with Gasteiger partial charge in [-0.1, -0.05) is 0 Å². The molecule has 0 spiro atoms. The van der Waals surface area contributed by atoms with Gasteiger partial charge in [0.15, 0.2) is 0 Å². The van der Waals surface area contributed by atoms with Crippen LogP contribution in [0.3, 0.4) is 0 Å². The summed E-state index contributed by atoms with van der Waals surface area (Å²) in [5.74, 6) is 1.03. The first-order chi connectivity index (χ1) is 6.35. The largest absolute Gasteiger partial charge is 0.501 e. The van der Waals surface area contributed by atoms with Gasteiger partial charge < -0.3 is 4.74 Å². The monoisotopic (exact) mass is 196 g/mol. The molecule has 1 aliphatic carbocycles. The van der Waals surface area contributed by atoms with Crippen LogP contribution in [0, 0.1) is 0 Å². The number of methoxy groups -OCH3 is 1. The molecule has 70 valence electrons. The lowest BCUT2D eigenvalue weighted by molar-refractivity contribution is 0.279. The zero-order valence-electron chi connectivity index (χ0n) is 7.76. The van der Waals surface area contributed by atoms with Gasteiger partial charge in [-0.25, -0.2) is 0 Å². The van der Waals surface area contributed by atoms with Gasteiger partial charge in [-0.3, -0.25) is 5.10 Å². The van der Waals surface area contributed by atoms with Crippen molar-refractivity contribution in [1.29, 1.82) is 0 Å². The molecule has 0 unspecified atom stereocenters. The van der Waals surface area contributed by atoms with Gasteiger partial charge in [0, 0.05) is 18.1 Å². The molecule has 0 fully saturated rings. The molecule has 0 atom stereocenters. The normalized spacial score (nSPS) is 15.1. The molecule has 4 heteroatoms. The lowest BCUT2D eigenvalue weighted by Crippen LogP contribution is -1.99. The fraction of sp³-hybridized carbons (Fsp3) is 0.444. The summed E-state index contributed by atoms with van der Waals surface area (Å²) >= 11 is 1.69. The van der Waals surface area contributed by atoms with Crippen LogP contribution in [0.25, 0.3) is 6.08 Å². The molecule has 1 N–H and O–H groups in total. The van der Waals surface area contributed by atoms with Crippen LogP contribution in [0.15, 0.2) is 10.8 Å². The molecular formula is C9H12N2OS. The lowest BCUT2D eigenvalue weighted by atomic mass is 10.0. The lowest BCUT2D eigenvalue weighted by Gasteiger charge is -2.11. The zero-order valence-corrected chi connectivity index (χ0v) is 8.57. The van der Waals surface area contributed by atoms with Gasteiger partial charge in [0.1, 0.15) is 5.03 Å². The Morgan fingerprint density at radius 2 is 2.38 bits per heavy atom. The van der Waals surface area contributed by atoms with Gasteiger partial charge in [0.2, 0.25) is 0 Å². The molecule has 1 aromatic heterocycles. The number of fused-ring (bicyclic) bond motifs is 1. The molecule has 2 rings (SSSR count). The van der Waals surface area contributed by atoms with Crippen LogP contribution in [-0.4, -0.2) is 23.6 Å². The number of ether oxygens (including phenoxy) is 1. The van der Waals surface area contributed by atoms with Crippen molar-refractivity contribution in [2.75, 3.05) is 13.4 Å². The fourth-order valence-electron chi connectivity index (χ4n) is 1.53. The van der Waals surface area contributed by atoms with E-state index in [0.29, 0.717) is 0 Å². The molecule has 1 aliphatic rings. The van der Waals surface area contributed by atoms with Crippen LogP contribution < -0.4 is 0 Å². The number of hydrogen-bond acceptors (Lipinski definition) is 3. The molecule has 13 heavy (non-hydrogen) atoms. The van der Waals surface area contributed by atoms with Crippen LogP contribution >= 0.6 is 11.8 Å². The highest BCUT2D eigenvalue weighted by molar-refractivity contribution is 7.98. The van der Waals surface area contributed by atoms with Crippen LogP contribution in [0.2, 0.25) is 0 Å². The molecule has 1 heterocycles. The minimum atomic E-state index is 0.983. The minimum absolute atomic E-state index is 0.983. The van der Waals surface area contributed by atoms with E-state index >= 15 is 0 Å². The first-order valence-electron chi connectivity index (χ1n) is 4.21. The molecular weight excluding hydrogens is 184 g/mol. The van der Waals surface area contributed by atoms with Crippen molar-refractivity contribution < 1.29 is 4.74 Å². The summed E-state index contributed by atoms with van der Waals surface area (Å²) in [6.07, 6.45) is 6.09. The Bertz CT molecular complexity index is 343. The smallest absolute Gasteiger partial charge is 0.121 e. The van der Waals surface area contributed by atoms with Crippen LogP contribution in [-0.2, 0) is 11.2 Å². The Labute approximate surface area is 81.6 Å². The Morgan fingerprint density at radius 3 is 3.08 bits per heavy atom. The van der Waals surface area contributed by atoms with E-state index in [-0.39, 0.29) is 0 Å². The number of aromatic nitrogens is 2. The third-order valence-corrected chi connectivity index (χ3v) is 2.97. The summed E-state index contributed by atoms with van der Waals surface area (Å²) in [7, 11) is 1.71. The van der Waals surface area contributed by atoms with E-state index < -0.39 is 0 Å². The molecule has 3 nitrogen and oxygen atoms in total. The minimum Gasteiger partial charge on any atom is -0.501 e. The maximum Gasteiger partial charge on any atom is 0.121 e. The topological polar surface area (TPSA) is 37.9 Å². The quantitative estimate of drug-likeness (QED) is 0.736. The number of nitrogens with one attached hydrogen (secondary N) is 1. The maximum absolute atomic E-state index is 5.20. The number of aromatic amines is 1. The molecule has 0 aromatic carbocycles.